The largest absolute Gasteiger partial charge is 0.384 e. The molecule has 0 radical (unpaired) electrons. The number of ketones is 1. The topological polar surface area (TPSA) is 92.8 Å². The standard InChI is InChI=1S/C28H43N3O3S/c1-7-27(4,5)23-8-10-24(11-9-23)35(33,34)31-14-12-21(13-15-31)16-22-17-25(32)28(6,19-20(2)3)30-26(29)18-22/h8-11,18,20-21H,7,12-17,19H2,1-6H3,(H2,29,30). The van der Waals surface area contributed by atoms with Crippen molar-refractivity contribution in [2.45, 2.75) is 95.9 Å². The number of allylic oxidation sites excluding steroid dienone is 1. The van der Waals surface area contributed by atoms with Crippen LogP contribution in [0.25, 0.3) is 0 Å². The highest BCUT2D eigenvalue weighted by Gasteiger charge is 2.36. The quantitative estimate of drug-likeness (QED) is 0.528. The minimum atomic E-state index is -3.51. The van der Waals surface area contributed by atoms with Crippen molar-refractivity contribution in [2.24, 2.45) is 22.6 Å². The van der Waals surface area contributed by atoms with Crippen molar-refractivity contribution in [2.75, 3.05) is 13.1 Å². The van der Waals surface area contributed by atoms with Gasteiger partial charge in [-0.1, -0.05) is 52.3 Å². The third kappa shape index (κ3) is 6.42. The van der Waals surface area contributed by atoms with E-state index < -0.39 is 15.6 Å². The SMILES string of the molecule is CCC(C)(C)c1ccc(S(=O)(=O)N2CCC(CC3=CC(N)=NC(C)(CC(C)C)C(=O)C3)CC2)cc1. The second-order valence-corrected chi connectivity index (χ2v) is 13.6. The van der Waals surface area contributed by atoms with Crippen molar-refractivity contribution >= 4 is 21.6 Å². The summed E-state index contributed by atoms with van der Waals surface area (Å²) >= 11 is 0. The molecule has 1 saturated heterocycles. The fourth-order valence-corrected chi connectivity index (χ4v) is 6.75. The Morgan fingerprint density at radius 2 is 1.77 bits per heavy atom. The van der Waals surface area contributed by atoms with Crippen LogP contribution in [0, 0.1) is 11.8 Å². The van der Waals surface area contributed by atoms with Gasteiger partial charge in [0, 0.05) is 19.5 Å². The minimum Gasteiger partial charge on any atom is -0.384 e. The Morgan fingerprint density at radius 1 is 1.17 bits per heavy atom. The summed E-state index contributed by atoms with van der Waals surface area (Å²) in [4.78, 5) is 17.9. The Labute approximate surface area is 212 Å². The van der Waals surface area contributed by atoms with Crippen LogP contribution in [0.3, 0.4) is 0 Å². The molecular weight excluding hydrogens is 458 g/mol. The lowest BCUT2D eigenvalue weighted by atomic mass is 9.82. The van der Waals surface area contributed by atoms with Gasteiger partial charge in [0.1, 0.15) is 11.4 Å². The van der Waals surface area contributed by atoms with Gasteiger partial charge in [-0.2, -0.15) is 4.31 Å². The lowest BCUT2D eigenvalue weighted by Gasteiger charge is -2.32. The molecule has 1 fully saturated rings. The second-order valence-electron chi connectivity index (χ2n) is 11.6. The lowest BCUT2D eigenvalue weighted by Crippen LogP contribution is -2.38. The van der Waals surface area contributed by atoms with Gasteiger partial charge in [-0.3, -0.25) is 9.79 Å². The maximum absolute atomic E-state index is 13.2. The molecule has 35 heavy (non-hydrogen) atoms. The summed E-state index contributed by atoms with van der Waals surface area (Å²) in [6, 6.07) is 7.37. The first kappa shape index (κ1) is 27.6. The molecule has 0 bridgehead atoms. The van der Waals surface area contributed by atoms with Gasteiger partial charge < -0.3 is 5.73 Å². The summed E-state index contributed by atoms with van der Waals surface area (Å²) in [6.45, 7) is 13.5. The predicted molar refractivity (Wildman–Crippen MR) is 143 cm³/mol. The number of Topliss-reactive ketones (excluding diaryl/α,β-unsaturated/α-hetero) is 1. The summed E-state index contributed by atoms with van der Waals surface area (Å²) in [7, 11) is -3.51. The van der Waals surface area contributed by atoms with E-state index in [4.69, 9.17) is 5.73 Å². The number of carbonyl (C=O) groups excluding carboxylic acids is 1. The summed E-state index contributed by atoms with van der Waals surface area (Å²) in [6.07, 6.45) is 6.20. The van der Waals surface area contributed by atoms with Gasteiger partial charge in [-0.15, -0.1) is 0 Å². The van der Waals surface area contributed by atoms with Crippen LogP contribution < -0.4 is 5.73 Å². The maximum atomic E-state index is 13.2. The summed E-state index contributed by atoms with van der Waals surface area (Å²) in [5.74, 6) is 1.22. The molecule has 0 amide bonds. The zero-order chi connectivity index (χ0) is 26.0. The first-order valence-corrected chi connectivity index (χ1v) is 14.4. The Kier molecular flexibility index (Phi) is 8.32. The highest BCUT2D eigenvalue weighted by Crippen LogP contribution is 2.33. The predicted octanol–water partition coefficient (Wildman–Crippen LogP) is 5.23. The molecule has 1 aromatic carbocycles. The number of nitrogens with two attached hydrogens (primary N) is 1. The van der Waals surface area contributed by atoms with Crippen molar-refractivity contribution < 1.29 is 13.2 Å². The molecule has 2 N–H and O–H groups in total. The number of sulfonamides is 1. The van der Waals surface area contributed by atoms with E-state index >= 15 is 0 Å². The average Bonchev–Trinajstić information content (AvgIpc) is 2.88. The van der Waals surface area contributed by atoms with Crippen LogP contribution in [0.5, 0.6) is 0 Å². The van der Waals surface area contributed by atoms with Gasteiger partial charge in [0.15, 0.2) is 5.78 Å². The van der Waals surface area contributed by atoms with Gasteiger partial charge in [0.25, 0.3) is 0 Å². The van der Waals surface area contributed by atoms with E-state index in [2.05, 4.69) is 39.6 Å². The molecule has 0 aromatic heterocycles. The number of hydrogen-bond acceptors (Lipinski definition) is 5. The third-order valence-electron chi connectivity index (χ3n) is 7.80. The monoisotopic (exact) mass is 501 g/mol. The highest BCUT2D eigenvalue weighted by atomic mass is 32.2. The Morgan fingerprint density at radius 3 is 2.31 bits per heavy atom. The Hall–Kier alpha value is -1.99. The van der Waals surface area contributed by atoms with Crippen LogP contribution in [0.4, 0.5) is 0 Å². The van der Waals surface area contributed by atoms with Crippen molar-refractivity contribution in [1.29, 1.82) is 0 Å². The van der Waals surface area contributed by atoms with Crippen LogP contribution in [0.15, 0.2) is 45.8 Å². The van der Waals surface area contributed by atoms with E-state index in [1.54, 1.807) is 16.4 Å². The second kappa shape index (κ2) is 10.6. The van der Waals surface area contributed by atoms with Crippen molar-refractivity contribution in [3.8, 4) is 0 Å². The molecule has 0 aliphatic carbocycles. The molecule has 2 heterocycles. The van der Waals surface area contributed by atoms with E-state index in [9.17, 15) is 13.2 Å². The average molecular weight is 502 g/mol. The number of nitrogens with zero attached hydrogens (tertiary/aromatic N) is 2. The summed E-state index contributed by atoms with van der Waals surface area (Å²) < 4.78 is 28.1. The van der Waals surface area contributed by atoms with Crippen LogP contribution in [0.2, 0.25) is 0 Å². The van der Waals surface area contributed by atoms with Crippen LogP contribution in [0.1, 0.15) is 85.6 Å². The van der Waals surface area contributed by atoms with E-state index in [0.29, 0.717) is 48.5 Å². The third-order valence-corrected chi connectivity index (χ3v) is 9.72. The molecule has 2 aliphatic rings. The van der Waals surface area contributed by atoms with E-state index in [1.807, 2.05) is 25.1 Å². The molecule has 3 rings (SSSR count). The molecule has 6 nitrogen and oxygen atoms in total. The molecule has 0 saturated carbocycles. The zero-order valence-corrected chi connectivity index (χ0v) is 23.1. The number of carbonyl (C=O) groups is 1. The highest BCUT2D eigenvalue weighted by molar-refractivity contribution is 7.89. The van der Waals surface area contributed by atoms with Gasteiger partial charge in [0.2, 0.25) is 10.0 Å². The first-order valence-electron chi connectivity index (χ1n) is 13.0. The van der Waals surface area contributed by atoms with Crippen LogP contribution >= 0.6 is 0 Å². The summed E-state index contributed by atoms with van der Waals surface area (Å²) in [5, 5.41) is 0. The molecule has 1 aromatic rings. The lowest BCUT2D eigenvalue weighted by molar-refractivity contribution is -0.123. The van der Waals surface area contributed by atoms with Gasteiger partial charge in [-0.05, 0) is 80.1 Å². The van der Waals surface area contributed by atoms with Crippen LogP contribution in [-0.2, 0) is 20.2 Å². The van der Waals surface area contributed by atoms with E-state index in [0.717, 1.165) is 36.8 Å². The van der Waals surface area contributed by atoms with Crippen molar-refractivity contribution in [1.82, 2.24) is 4.31 Å². The van der Waals surface area contributed by atoms with Crippen molar-refractivity contribution in [3.63, 3.8) is 0 Å². The number of benzene rings is 1. The number of piperidine rings is 1. The Bertz CT molecular complexity index is 1080. The number of aliphatic imine (C=N–C) groups is 1. The summed E-state index contributed by atoms with van der Waals surface area (Å²) in [5.41, 5.74) is 7.58. The van der Waals surface area contributed by atoms with E-state index in [1.165, 1.54) is 0 Å². The number of rotatable bonds is 8. The van der Waals surface area contributed by atoms with Gasteiger partial charge in [-0.25, -0.2) is 8.42 Å². The van der Waals surface area contributed by atoms with Gasteiger partial charge >= 0.3 is 0 Å². The molecule has 194 valence electrons. The van der Waals surface area contributed by atoms with Gasteiger partial charge in [0.05, 0.1) is 4.90 Å². The Balaban J connectivity index is 1.62. The molecule has 1 unspecified atom stereocenters. The van der Waals surface area contributed by atoms with Crippen LogP contribution in [-0.4, -0.2) is 43.0 Å². The smallest absolute Gasteiger partial charge is 0.243 e. The zero-order valence-electron chi connectivity index (χ0n) is 22.3. The minimum absolute atomic E-state index is 0.0228. The fourth-order valence-electron chi connectivity index (χ4n) is 5.28. The molecular formula is C28H43N3O3S. The van der Waals surface area contributed by atoms with Crippen molar-refractivity contribution in [3.05, 3.63) is 41.5 Å². The van der Waals surface area contributed by atoms with E-state index in [-0.39, 0.29) is 11.2 Å². The maximum Gasteiger partial charge on any atom is 0.243 e. The molecule has 2 aliphatic heterocycles. The molecule has 0 spiro atoms. The number of hydrogen-bond donors (Lipinski definition) is 1. The molecule has 1 atom stereocenters. The molecule has 7 heteroatoms. The normalized spacial score (nSPS) is 23.2. The fraction of sp³-hybridized carbons (Fsp3) is 0.643. The first-order chi connectivity index (χ1) is 16.3. The number of amidine groups is 1.